The summed E-state index contributed by atoms with van der Waals surface area (Å²) < 4.78 is 18.1. The van der Waals surface area contributed by atoms with Crippen LogP contribution in [0.1, 0.15) is 11.1 Å². The highest BCUT2D eigenvalue weighted by molar-refractivity contribution is 5.78. The minimum absolute atomic E-state index is 0.140. The van der Waals surface area contributed by atoms with Gasteiger partial charge in [0.25, 0.3) is 0 Å². The van der Waals surface area contributed by atoms with Gasteiger partial charge >= 0.3 is 0 Å². The van der Waals surface area contributed by atoms with Gasteiger partial charge in [0.15, 0.2) is 0 Å². The maximum atomic E-state index is 13.0. The van der Waals surface area contributed by atoms with Crippen LogP contribution in [0.3, 0.4) is 0 Å². The zero-order valence-electron chi connectivity index (χ0n) is 11.2. The van der Waals surface area contributed by atoms with Gasteiger partial charge in [-0.05, 0) is 35.4 Å². The molecular formula is C16H16FNO2. The molecule has 0 radical (unpaired) electrons. The van der Waals surface area contributed by atoms with E-state index in [2.05, 4.69) is 5.32 Å². The van der Waals surface area contributed by atoms with Crippen LogP contribution in [-0.2, 0) is 17.8 Å². The zero-order valence-corrected chi connectivity index (χ0v) is 11.2. The second-order valence-corrected chi connectivity index (χ2v) is 4.43. The average Bonchev–Trinajstić information content (AvgIpc) is 2.45. The number of carbonyl (C=O) groups is 1. The summed E-state index contributed by atoms with van der Waals surface area (Å²) in [5.41, 5.74) is 1.62. The Balaban J connectivity index is 1.88. The minimum atomic E-state index is -0.330. The first-order chi connectivity index (χ1) is 9.67. The van der Waals surface area contributed by atoms with Crippen LogP contribution in [0, 0.1) is 5.82 Å². The average molecular weight is 273 g/mol. The SMILES string of the molecule is COc1cccc(CNC(=O)Cc2cccc(F)c2)c1. The molecule has 0 aliphatic carbocycles. The lowest BCUT2D eigenvalue weighted by atomic mass is 10.1. The van der Waals surface area contributed by atoms with Crippen molar-refractivity contribution >= 4 is 5.91 Å². The van der Waals surface area contributed by atoms with Crippen LogP contribution in [0.4, 0.5) is 4.39 Å². The molecule has 0 aliphatic heterocycles. The van der Waals surface area contributed by atoms with Crippen LogP contribution in [0.2, 0.25) is 0 Å². The molecule has 4 heteroatoms. The lowest BCUT2D eigenvalue weighted by Gasteiger charge is -2.07. The third-order valence-electron chi connectivity index (χ3n) is 2.88. The van der Waals surface area contributed by atoms with E-state index in [9.17, 15) is 9.18 Å². The van der Waals surface area contributed by atoms with Gasteiger partial charge in [0, 0.05) is 6.54 Å². The molecule has 3 nitrogen and oxygen atoms in total. The Labute approximate surface area is 117 Å². The Hall–Kier alpha value is -2.36. The summed E-state index contributed by atoms with van der Waals surface area (Å²) in [5, 5.41) is 2.80. The van der Waals surface area contributed by atoms with Crippen molar-refractivity contribution < 1.29 is 13.9 Å². The number of methoxy groups -OCH3 is 1. The van der Waals surface area contributed by atoms with Gasteiger partial charge in [-0.15, -0.1) is 0 Å². The molecule has 20 heavy (non-hydrogen) atoms. The Bertz CT molecular complexity index is 599. The number of amides is 1. The van der Waals surface area contributed by atoms with Gasteiger partial charge < -0.3 is 10.1 Å². The number of nitrogens with one attached hydrogen (secondary N) is 1. The van der Waals surface area contributed by atoms with E-state index in [1.165, 1.54) is 12.1 Å². The van der Waals surface area contributed by atoms with Gasteiger partial charge in [0.05, 0.1) is 13.5 Å². The quantitative estimate of drug-likeness (QED) is 0.909. The largest absolute Gasteiger partial charge is 0.497 e. The first-order valence-electron chi connectivity index (χ1n) is 6.31. The van der Waals surface area contributed by atoms with E-state index >= 15 is 0 Å². The lowest BCUT2D eigenvalue weighted by molar-refractivity contribution is -0.120. The summed E-state index contributed by atoms with van der Waals surface area (Å²) in [4.78, 5) is 11.8. The second kappa shape index (κ2) is 6.70. The summed E-state index contributed by atoms with van der Waals surface area (Å²) in [5.74, 6) is 0.281. The van der Waals surface area contributed by atoms with E-state index in [4.69, 9.17) is 4.74 Å². The maximum Gasteiger partial charge on any atom is 0.224 e. The van der Waals surface area contributed by atoms with Crippen molar-refractivity contribution in [2.75, 3.05) is 7.11 Å². The molecular weight excluding hydrogens is 257 g/mol. The van der Waals surface area contributed by atoms with Crippen molar-refractivity contribution in [3.05, 3.63) is 65.5 Å². The van der Waals surface area contributed by atoms with Crippen molar-refractivity contribution in [3.8, 4) is 5.75 Å². The Kier molecular flexibility index (Phi) is 4.71. The molecule has 1 amide bonds. The molecule has 0 aromatic heterocycles. The van der Waals surface area contributed by atoms with Gasteiger partial charge in [-0.1, -0.05) is 24.3 Å². The van der Waals surface area contributed by atoms with E-state index in [0.717, 1.165) is 11.3 Å². The van der Waals surface area contributed by atoms with Crippen LogP contribution < -0.4 is 10.1 Å². The van der Waals surface area contributed by atoms with Crippen LogP contribution >= 0.6 is 0 Å². The molecule has 0 fully saturated rings. The second-order valence-electron chi connectivity index (χ2n) is 4.43. The maximum absolute atomic E-state index is 13.0. The van der Waals surface area contributed by atoms with Crippen LogP contribution in [0.15, 0.2) is 48.5 Å². The molecule has 0 unspecified atom stereocenters. The van der Waals surface area contributed by atoms with E-state index in [1.54, 1.807) is 19.2 Å². The van der Waals surface area contributed by atoms with E-state index < -0.39 is 0 Å². The highest BCUT2D eigenvalue weighted by atomic mass is 19.1. The highest BCUT2D eigenvalue weighted by Gasteiger charge is 2.04. The fourth-order valence-corrected chi connectivity index (χ4v) is 1.88. The van der Waals surface area contributed by atoms with E-state index in [-0.39, 0.29) is 18.1 Å². The summed E-state index contributed by atoms with van der Waals surface area (Å²) in [6.07, 6.45) is 0.168. The first-order valence-corrected chi connectivity index (χ1v) is 6.31. The third kappa shape index (κ3) is 4.09. The summed E-state index contributed by atoms with van der Waals surface area (Å²) in [6.45, 7) is 0.422. The van der Waals surface area contributed by atoms with Crippen molar-refractivity contribution in [1.82, 2.24) is 5.32 Å². The van der Waals surface area contributed by atoms with Crippen molar-refractivity contribution in [1.29, 1.82) is 0 Å². The Morgan fingerprint density at radius 3 is 2.65 bits per heavy atom. The number of hydrogen-bond donors (Lipinski definition) is 1. The van der Waals surface area contributed by atoms with Crippen molar-refractivity contribution in [2.45, 2.75) is 13.0 Å². The molecule has 0 atom stereocenters. The number of hydrogen-bond acceptors (Lipinski definition) is 2. The standard InChI is InChI=1S/C16H16FNO2/c1-20-15-7-3-5-13(9-15)11-18-16(19)10-12-4-2-6-14(17)8-12/h2-9H,10-11H2,1H3,(H,18,19). The van der Waals surface area contributed by atoms with Gasteiger partial charge in [0.1, 0.15) is 11.6 Å². The van der Waals surface area contributed by atoms with Crippen LogP contribution in [-0.4, -0.2) is 13.0 Å². The first kappa shape index (κ1) is 14.1. The molecule has 2 rings (SSSR count). The fourth-order valence-electron chi connectivity index (χ4n) is 1.88. The monoisotopic (exact) mass is 273 g/mol. The Morgan fingerprint density at radius 1 is 1.15 bits per heavy atom. The molecule has 0 saturated heterocycles. The summed E-state index contributed by atoms with van der Waals surface area (Å²) in [6, 6.07) is 13.5. The normalized spacial score (nSPS) is 10.1. The number of halogens is 1. The highest BCUT2D eigenvalue weighted by Crippen LogP contribution is 2.12. The molecule has 2 aromatic carbocycles. The van der Waals surface area contributed by atoms with Crippen LogP contribution in [0.5, 0.6) is 5.75 Å². The smallest absolute Gasteiger partial charge is 0.224 e. The molecule has 0 bridgehead atoms. The number of rotatable bonds is 5. The third-order valence-corrected chi connectivity index (χ3v) is 2.88. The molecule has 1 N–H and O–H groups in total. The number of ether oxygens (including phenoxy) is 1. The zero-order chi connectivity index (χ0) is 14.4. The van der Waals surface area contributed by atoms with E-state index in [1.807, 2.05) is 24.3 Å². The van der Waals surface area contributed by atoms with Gasteiger partial charge in [-0.2, -0.15) is 0 Å². The van der Waals surface area contributed by atoms with Gasteiger partial charge in [-0.3, -0.25) is 4.79 Å². The number of benzene rings is 2. The van der Waals surface area contributed by atoms with Crippen LogP contribution in [0.25, 0.3) is 0 Å². The molecule has 0 spiro atoms. The lowest BCUT2D eigenvalue weighted by Crippen LogP contribution is -2.24. The predicted molar refractivity (Wildman–Crippen MR) is 74.9 cm³/mol. The van der Waals surface area contributed by atoms with Gasteiger partial charge in [0.2, 0.25) is 5.91 Å². The molecule has 104 valence electrons. The van der Waals surface area contributed by atoms with Crippen molar-refractivity contribution in [3.63, 3.8) is 0 Å². The summed E-state index contributed by atoms with van der Waals surface area (Å²) in [7, 11) is 1.60. The van der Waals surface area contributed by atoms with Gasteiger partial charge in [-0.25, -0.2) is 4.39 Å². The predicted octanol–water partition coefficient (Wildman–Crippen LogP) is 2.69. The molecule has 0 aliphatic rings. The minimum Gasteiger partial charge on any atom is -0.497 e. The summed E-state index contributed by atoms with van der Waals surface area (Å²) >= 11 is 0. The fraction of sp³-hybridized carbons (Fsp3) is 0.188. The molecule has 0 saturated carbocycles. The number of carbonyl (C=O) groups excluding carboxylic acids is 1. The Morgan fingerprint density at radius 2 is 1.90 bits per heavy atom. The topological polar surface area (TPSA) is 38.3 Å². The molecule has 2 aromatic rings. The van der Waals surface area contributed by atoms with Crippen molar-refractivity contribution in [2.24, 2.45) is 0 Å². The molecule has 0 heterocycles. The van der Waals surface area contributed by atoms with E-state index in [0.29, 0.717) is 12.1 Å².